The van der Waals surface area contributed by atoms with E-state index in [4.69, 9.17) is 16.0 Å². The molecular formula is C15H14ClN3OS2. The van der Waals surface area contributed by atoms with Crippen LogP contribution in [0.4, 0.5) is 0 Å². The van der Waals surface area contributed by atoms with Crippen LogP contribution < -0.4 is 0 Å². The molecule has 0 unspecified atom stereocenters. The molecule has 0 spiro atoms. The van der Waals surface area contributed by atoms with Crippen molar-refractivity contribution in [3.8, 4) is 10.6 Å². The zero-order chi connectivity index (χ0) is 15.4. The van der Waals surface area contributed by atoms with Gasteiger partial charge in [0.25, 0.3) is 5.22 Å². The second-order valence-corrected chi connectivity index (χ2v) is 6.98. The van der Waals surface area contributed by atoms with Gasteiger partial charge < -0.3 is 4.42 Å². The van der Waals surface area contributed by atoms with Crippen LogP contribution in [0, 0.1) is 0 Å². The fourth-order valence-corrected chi connectivity index (χ4v) is 3.49. The van der Waals surface area contributed by atoms with Crippen LogP contribution in [0.25, 0.3) is 10.6 Å². The first kappa shape index (κ1) is 15.5. The van der Waals surface area contributed by atoms with Crippen molar-refractivity contribution in [1.82, 2.24) is 15.2 Å². The summed E-state index contributed by atoms with van der Waals surface area (Å²) in [6.45, 7) is 2.12. The van der Waals surface area contributed by atoms with Gasteiger partial charge in [-0.05, 0) is 18.6 Å². The third kappa shape index (κ3) is 3.88. The Morgan fingerprint density at radius 3 is 3.05 bits per heavy atom. The summed E-state index contributed by atoms with van der Waals surface area (Å²) in [5.74, 6) is 1.58. The highest BCUT2D eigenvalue weighted by Gasteiger charge is 2.11. The summed E-state index contributed by atoms with van der Waals surface area (Å²) >= 11 is 9.19. The van der Waals surface area contributed by atoms with Gasteiger partial charge in [-0.2, -0.15) is 0 Å². The normalized spacial score (nSPS) is 11.0. The zero-order valence-electron chi connectivity index (χ0n) is 12.0. The Morgan fingerprint density at radius 2 is 2.23 bits per heavy atom. The minimum atomic E-state index is 0.552. The third-order valence-corrected chi connectivity index (χ3v) is 5.03. The highest BCUT2D eigenvalue weighted by molar-refractivity contribution is 7.99. The number of nitrogens with zero attached hydrogens (tertiary/aromatic N) is 3. The Morgan fingerprint density at radius 1 is 1.32 bits per heavy atom. The van der Waals surface area contributed by atoms with Crippen LogP contribution in [-0.2, 0) is 6.42 Å². The summed E-state index contributed by atoms with van der Waals surface area (Å²) in [6.07, 6.45) is 1.63. The second kappa shape index (κ2) is 7.26. The van der Waals surface area contributed by atoms with Gasteiger partial charge in [0.15, 0.2) is 0 Å². The van der Waals surface area contributed by atoms with E-state index in [2.05, 4.69) is 22.1 Å². The number of benzene rings is 1. The first-order valence-corrected chi connectivity index (χ1v) is 9.14. The SMILES string of the molecule is CCCSc1nnc(Cc2csc(-c3cccc(Cl)c3)n2)o1. The lowest BCUT2D eigenvalue weighted by molar-refractivity contribution is 0.419. The standard InChI is InChI=1S/C15H14ClN3OS2/c1-2-6-21-15-19-18-13(20-15)8-12-9-22-14(17-12)10-4-3-5-11(16)7-10/h3-5,7,9H,2,6,8H2,1H3. The Kier molecular flexibility index (Phi) is 5.12. The van der Waals surface area contributed by atoms with E-state index in [1.54, 1.807) is 23.1 Å². The van der Waals surface area contributed by atoms with Gasteiger partial charge in [-0.1, -0.05) is 42.4 Å². The molecule has 2 heterocycles. The first-order valence-electron chi connectivity index (χ1n) is 6.90. The monoisotopic (exact) mass is 351 g/mol. The maximum Gasteiger partial charge on any atom is 0.276 e. The van der Waals surface area contributed by atoms with Crippen LogP contribution in [0.2, 0.25) is 5.02 Å². The van der Waals surface area contributed by atoms with E-state index >= 15 is 0 Å². The predicted molar refractivity (Wildman–Crippen MR) is 90.7 cm³/mol. The van der Waals surface area contributed by atoms with Crippen LogP contribution in [0.1, 0.15) is 24.9 Å². The van der Waals surface area contributed by atoms with Gasteiger partial charge in [0, 0.05) is 21.7 Å². The molecule has 0 N–H and O–H groups in total. The number of hydrogen-bond donors (Lipinski definition) is 0. The van der Waals surface area contributed by atoms with Gasteiger partial charge in [0.05, 0.1) is 12.1 Å². The average molecular weight is 352 g/mol. The molecule has 7 heteroatoms. The van der Waals surface area contributed by atoms with Gasteiger partial charge in [-0.15, -0.1) is 21.5 Å². The maximum atomic E-state index is 6.02. The quantitative estimate of drug-likeness (QED) is 0.589. The molecule has 0 fully saturated rings. The van der Waals surface area contributed by atoms with E-state index in [0.717, 1.165) is 28.4 Å². The van der Waals surface area contributed by atoms with E-state index in [1.165, 1.54) is 0 Å². The Hall–Kier alpha value is -1.37. The maximum absolute atomic E-state index is 6.02. The summed E-state index contributed by atoms with van der Waals surface area (Å²) in [5.41, 5.74) is 1.95. The average Bonchev–Trinajstić information content (AvgIpc) is 3.15. The highest BCUT2D eigenvalue weighted by atomic mass is 35.5. The van der Waals surface area contributed by atoms with Crippen molar-refractivity contribution in [3.63, 3.8) is 0 Å². The van der Waals surface area contributed by atoms with E-state index in [-0.39, 0.29) is 0 Å². The molecule has 3 rings (SSSR count). The molecule has 0 radical (unpaired) electrons. The molecule has 0 atom stereocenters. The van der Waals surface area contributed by atoms with Crippen molar-refractivity contribution in [3.05, 3.63) is 46.3 Å². The molecule has 114 valence electrons. The summed E-state index contributed by atoms with van der Waals surface area (Å²) in [6, 6.07) is 7.69. The second-order valence-electron chi connectivity index (χ2n) is 4.64. The van der Waals surface area contributed by atoms with Crippen molar-refractivity contribution >= 4 is 34.7 Å². The Labute approximate surface area is 141 Å². The number of rotatable bonds is 6. The van der Waals surface area contributed by atoms with E-state index in [9.17, 15) is 0 Å². The lowest BCUT2D eigenvalue weighted by Gasteiger charge is -1.96. The first-order chi connectivity index (χ1) is 10.7. The van der Waals surface area contributed by atoms with Crippen molar-refractivity contribution in [1.29, 1.82) is 0 Å². The molecule has 2 aromatic heterocycles. The molecule has 0 amide bonds. The van der Waals surface area contributed by atoms with Gasteiger partial charge in [0.1, 0.15) is 5.01 Å². The van der Waals surface area contributed by atoms with Gasteiger partial charge in [0.2, 0.25) is 5.89 Å². The minimum absolute atomic E-state index is 0.552. The molecular weight excluding hydrogens is 338 g/mol. The molecule has 1 aromatic carbocycles. The van der Waals surface area contributed by atoms with Crippen molar-refractivity contribution in [2.45, 2.75) is 25.0 Å². The Balaban J connectivity index is 1.70. The molecule has 0 saturated carbocycles. The molecule has 3 aromatic rings. The lowest BCUT2D eigenvalue weighted by atomic mass is 10.2. The number of hydrogen-bond acceptors (Lipinski definition) is 6. The smallest absolute Gasteiger partial charge is 0.276 e. The van der Waals surface area contributed by atoms with Crippen LogP contribution >= 0.6 is 34.7 Å². The van der Waals surface area contributed by atoms with Crippen molar-refractivity contribution in [2.75, 3.05) is 5.75 Å². The molecule has 0 aliphatic heterocycles. The van der Waals surface area contributed by atoms with E-state index in [0.29, 0.717) is 22.6 Å². The number of thiazole rings is 1. The molecule has 0 saturated heterocycles. The topological polar surface area (TPSA) is 51.8 Å². The van der Waals surface area contributed by atoms with Gasteiger partial charge in [-0.3, -0.25) is 0 Å². The van der Waals surface area contributed by atoms with Gasteiger partial charge in [-0.25, -0.2) is 4.98 Å². The fraction of sp³-hybridized carbons (Fsp3) is 0.267. The molecule has 0 aliphatic rings. The van der Waals surface area contributed by atoms with Gasteiger partial charge >= 0.3 is 0 Å². The highest BCUT2D eigenvalue weighted by Crippen LogP contribution is 2.27. The summed E-state index contributed by atoms with van der Waals surface area (Å²) < 4.78 is 5.61. The molecule has 22 heavy (non-hydrogen) atoms. The largest absolute Gasteiger partial charge is 0.416 e. The fourth-order valence-electron chi connectivity index (χ4n) is 1.85. The van der Waals surface area contributed by atoms with Crippen molar-refractivity contribution in [2.24, 2.45) is 0 Å². The Bertz CT molecular complexity index is 757. The summed E-state index contributed by atoms with van der Waals surface area (Å²) in [5, 5.41) is 12.4. The summed E-state index contributed by atoms with van der Waals surface area (Å²) in [7, 11) is 0. The predicted octanol–water partition coefficient (Wildman–Crippen LogP) is 4.94. The van der Waals surface area contributed by atoms with Crippen molar-refractivity contribution < 1.29 is 4.42 Å². The molecule has 0 bridgehead atoms. The van der Waals surface area contributed by atoms with Crippen LogP contribution in [0.15, 0.2) is 39.3 Å². The lowest BCUT2D eigenvalue weighted by Crippen LogP contribution is -1.88. The number of thioether (sulfide) groups is 1. The minimum Gasteiger partial charge on any atom is -0.416 e. The summed E-state index contributed by atoms with van der Waals surface area (Å²) in [4.78, 5) is 4.61. The zero-order valence-corrected chi connectivity index (χ0v) is 14.3. The van der Waals surface area contributed by atoms with E-state index < -0.39 is 0 Å². The molecule has 4 nitrogen and oxygen atoms in total. The third-order valence-electron chi connectivity index (χ3n) is 2.83. The van der Waals surface area contributed by atoms with Crippen LogP contribution in [-0.4, -0.2) is 20.9 Å². The van der Waals surface area contributed by atoms with Crippen LogP contribution in [0.5, 0.6) is 0 Å². The number of aromatic nitrogens is 3. The number of halogens is 1. The van der Waals surface area contributed by atoms with Crippen LogP contribution in [0.3, 0.4) is 0 Å². The van der Waals surface area contributed by atoms with E-state index in [1.807, 2.05) is 29.6 Å². The molecule has 0 aliphatic carbocycles.